The Hall–Kier alpha value is -2.82. The second kappa shape index (κ2) is 8.25. The molecule has 0 aliphatic carbocycles. The smallest absolute Gasteiger partial charge is 0.254 e. The molecule has 0 saturated heterocycles. The number of benzene rings is 2. The first kappa shape index (κ1) is 19.0. The van der Waals surface area contributed by atoms with Crippen LogP contribution < -0.4 is 10.1 Å². The zero-order valence-electron chi connectivity index (χ0n) is 16.1. The van der Waals surface area contributed by atoms with Crippen LogP contribution >= 0.6 is 0 Å². The van der Waals surface area contributed by atoms with Gasteiger partial charge in [0.25, 0.3) is 5.91 Å². The Morgan fingerprint density at radius 3 is 2.78 bits per heavy atom. The molecule has 2 aromatic carbocycles. The highest BCUT2D eigenvalue weighted by Gasteiger charge is 2.23. The van der Waals surface area contributed by atoms with Gasteiger partial charge in [0.15, 0.2) is 0 Å². The number of anilines is 1. The Morgan fingerprint density at radius 1 is 1.22 bits per heavy atom. The maximum Gasteiger partial charge on any atom is 0.254 e. The summed E-state index contributed by atoms with van der Waals surface area (Å²) in [5.41, 5.74) is 3.54. The summed E-state index contributed by atoms with van der Waals surface area (Å²) in [6, 6.07) is 13.4. The van der Waals surface area contributed by atoms with Gasteiger partial charge in [0.2, 0.25) is 5.91 Å². The van der Waals surface area contributed by atoms with Crippen LogP contribution in [0.15, 0.2) is 42.5 Å². The second-order valence-electron chi connectivity index (χ2n) is 6.89. The van der Waals surface area contributed by atoms with E-state index in [0.717, 1.165) is 41.8 Å². The summed E-state index contributed by atoms with van der Waals surface area (Å²) in [5, 5.41) is 2.91. The fourth-order valence-electron chi connectivity index (χ4n) is 3.63. The van der Waals surface area contributed by atoms with Gasteiger partial charge < -0.3 is 15.0 Å². The first-order valence-corrected chi connectivity index (χ1v) is 9.37. The van der Waals surface area contributed by atoms with E-state index in [9.17, 15) is 9.59 Å². The molecule has 1 aliphatic rings. The quantitative estimate of drug-likeness (QED) is 0.863. The highest BCUT2D eigenvalue weighted by atomic mass is 16.5. The van der Waals surface area contributed by atoms with Crippen molar-refractivity contribution >= 4 is 17.5 Å². The number of carbonyl (C=O) groups excluding carboxylic acids is 2. The van der Waals surface area contributed by atoms with Gasteiger partial charge in [-0.25, -0.2) is 0 Å². The number of aryl methyl sites for hydroxylation is 1. The number of nitrogens with one attached hydrogen (secondary N) is 1. The van der Waals surface area contributed by atoms with E-state index < -0.39 is 0 Å². The molecule has 0 spiro atoms. The average Bonchev–Trinajstić information content (AvgIpc) is 2.87. The van der Waals surface area contributed by atoms with Crippen LogP contribution in [0.1, 0.15) is 53.7 Å². The van der Waals surface area contributed by atoms with E-state index >= 15 is 0 Å². The Morgan fingerprint density at radius 2 is 2.04 bits per heavy atom. The number of rotatable bonds is 5. The van der Waals surface area contributed by atoms with Crippen molar-refractivity contribution in [2.24, 2.45) is 0 Å². The van der Waals surface area contributed by atoms with E-state index in [-0.39, 0.29) is 17.9 Å². The molecule has 0 fully saturated rings. The Kier molecular flexibility index (Phi) is 5.79. The van der Waals surface area contributed by atoms with Crippen LogP contribution in [0.2, 0.25) is 0 Å². The van der Waals surface area contributed by atoms with Crippen molar-refractivity contribution in [3.8, 4) is 5.75 Å². The number of ether oxygens (including phenoxy) is 1. The molecule has 0 radical (unpaired) electrons. The maximum atomic E-state index is 13.1. The first-order valence-electron chi connectivity index (χ1n) is 9.37. The van der Waals surface area contributed by atoms with E-state index in [2.05, 4.69) is 12.2 Å². The number of fused-ring (bicyclic) bond motifs is 1. The van der Waals surface area contributed by atoms with Gasteiger partial charge >= 0.3 is 0 Å². The third-order valence-corrected chi connectivity index (χ3v) is 5.13. The van der Waals surface area contributed by atoms with Gasteiger partial charge in [-0.05, 0) is 60.7 Å². The number of hydrogen-bond donors (Lipinski definition) is 1. The molecule has 142 valence electrons. The average molecular weight is 366 g/mol. The molecule has 2 aromatic rings. The van der Waals surface area contributed by atoms with E-state index in [4.69, 9.17) is 4.74 Å². The van der Waals surface area contributed by atoms with E-state index in [1.54, 1.807) is 18.1 Å². The molecule has 2 amide bonds. The molecule has 5 heteroatoms. The van der Waals surface area contributed by atoms with Crippen molar-refractivity contribution in [1.29, 1.82) is 0 Å². The normalized spacial score (nSPS) is 14.6. The molecule has 1 heterocycles. The Labute approximate surface area is 160 Å². The molecule has 1 atom stereocenters. The SMILES string of the molecule is CCC(c1cccc(OC)c1)N(C)C(=O)c1ccc2c(c1)CCCC(=O)N2. The molecule has 5 nitrogen and oxygen atoms in total. The molecule has 1 unspecified atom stereocenters. The molecule has 0 saturated carbocycles. The number of carbonyl (C=O) groups is 2. The van der Waals surface area contributed by atoms with Crippen molar-refractivity contribution < 1.29 is 14.3 Å². The molecule has 1 N–H and O–H groups in total. The van der Waals surface area contributed by atoms with Crippen LogP contribution in [-0.4, -0.2) is 30.9 Å². The summed E-state index contributed by atoms with van der Waals surface area (Å²) >= 11 is 0. The standard InChI is InChI=1S/C22H26N2O3/c1-4-20(16-8-5-9-18(14-16)27-3)24(2)22(26)17-11-12-19-15(13-17)7-6-10-21(25)23-19/h5,8-9,11-14,20H,4,6-7,10H2,1-3H3,(H,23,25). The summed E-state index contributed by atoms with van der Waals surface area (Å²) in [6.45, 7) is 2.07. The minimum absolute atomic E-state index is 0.0250. The molecule has 0 aromatic heterocycles. The Balaban J connectivity index is 1.85. The predicted octanol–water partition coefficient (Wildman–Crippen LogP) is 4.19. The second-order valence-corrected chi connectivity index (χ2v) is 6.89. The minimum atomic E-state index is -0.0360. The number of nitrogens with zero attached hydrogens (tertiary/aromatic N) is 1. The zero-order valence-corrected chi connectivity index (χ0v) is 16.1. The van der Waals surface area contributed by atoms with Crippen molar-refractivity contribution in [3.63, 3.8) is 0 Å². The van der Waals surface area contributed by atoms with Gasteiger partial charge in [0, 0.05) is 24.7 Å². The monoisotopic (exact) mass is 366 g/mol. The fourth-order valence-corrected chi connectivity index (χ4v) is 3.63. The van der Waals surface area contributed by atoms with Crippen LogP contribution in [0.5, 0.6) is 5.75 Å². The minimum Gasteiger partial charge on any atom is -0.497 e. The van der Waals surface area contributed by atoms with E-state index in [1.165, 1.54) is 0 Å². The highest BCUT2D eigenvalue weighted by molar-refractivity contribution is 5.97. The van der Waals surface area contributed by atoms with Gasteiger partial charge in [-0.1, -0.05) is 19.1 Å². The number of amides is 2. The van der Waals surface area contributed by atoms with E-state index in [0.29, 0.717) is 12.0 Å². The number of methoxy groups -OCH3 is 1. The van der Waals surface area contributed by atoms with E-state index in [1.807, 2.05) is 43.4 Å². The number of hydrogen-bond acceptors (Lipinski definition) is 3. The van der Waals surface area contributed by atoms with Crippen molar-refractivity contribution in [2.45, 2.75) is 38.6 Å². The Bertz CT molecular complexity index is 847. The molecular weight excluding hydrogens is 340 g/mol. The van der Waals surface area contributed by atoms with Crippen LogP contribution in [0.3, 0.4) is 0 Å². The van der Waals surface area contributed by atoms with Gasteiger partial charge in [-0.15, -0.1) is 0 Å². The lowest BCUT2D eigenvalue weighted by atomic mass is 10.00. The maximum absolute atomic E-state index is 13.1. The summed E-state index contributed by atoms with van der Waals surface area (Å²) in [7, 11) is 3.48. The summed E-state index contributed by atoms with van der Waals surface area (Å²) in [5.74, 6) is 0.796. The summed E-state index contributed by atoms with van der Waals surface area (Å²) < 4.78 is 5.32. The predicted molar refractivity (Wildman–Crippen MR) is 106 cm³/mol. The highest BCUT2D eigenvalue weighted by Crippen LogP contribution is 2.29. The van der Waals surface area contributed by atoms with Crippen molar-refractivity contribution in [3.05, 3.63) is 59.2 Å². The van der Waals surface area contributed by atoms with Crippen molar-refractivity contribution in [1.82, 2.24) is 4.90 Å². The van der Waals surface area contributed by atoms with Crippen LogP contribution in [0.25, 0.3) is 0 Å². The summed E-state index contributed by atoms with van der Waals surface area (Å²) in [6.07, 6.45) is 2.92. The lowest BCUT2D eigenvalue weighted by Crippen LogP contribution is -2.31. The first-order chi connectivity index (χ1) is 13.0. The van der Waals surface area contributed by atoms with Gasteiger partial charge in [0.1, 0.15) is 5.75 Å². The molecule has 27 heavy (non-hydrogen) atoms. The van der Waals surface area contributed by atoms with Gasteiger partial charge in [-0.2, -0.15) is 0 Å². The molecule has 1 aliphatic heterocycles. The fraction of sp³-hybridized carbons (Fsp3) is 0.364. The van der Waals surface area contributed by atoms with Gasteiger partial charge in [0.05, 0.1) is 13.2 Å². The van der Waals surface area contributed by atoms with Crippen LogP contribution in [0, 0.1) is 0 Å². The molecular formula is C22H26N2O3. The van der Waals surface area contributed by atoms with Crippen molar-refractivity contribution in [2.75, 3.05) is 19.5 Å². The largest absolute Gasteiger partial charge is 0.497 e. The topological polar surface area (TPSA) is 58.6 Å². The van der Waals surface area contributed by atoms with Gasteiger partial charge in [-0.3, -0.25) is 9.59 Å². The zero-order chi connectivity index (χ0) is 19.4. The van der Waals surface area contributed by atoms with Crippen LogP contribution in [0.4, 0.5) is 5.69 Å². The molecule has 0 bridgehead atoms. The molecule has 3 rings (SSSR count). The summed E-state index contributed by atoms with van der Waals surface area (Å²) in [4.78, 5) is 26.6. The third kappa shape index (κ3) is 4.13. The lowest BCUT2D eigenvalue weighted by molar-refractivity contribution is -0.116. The lowest BCUT2D eigenvalue weighted by Gasteiger charge is -2.28. The third-order valence-electron chi connectivity index (χ3n) is 5.13. The van der Waals surface area contributed by atoms with Crippen LogP contribution in [-0.2, 0) is 11.2 Å².